The molecule has 0 saturated heterocycles. The highest BCUT2D eigenvalue weighted by Gasteiger charge is 2.11. The van der Waals surface area contributed by atoms with Gasteiger partial charge in [0.1, 0.15) is 18.2 Å². The molecule has 1 N–H and O–H groups in total. The maximum absolute atomic E-state index is 13.3. The van der Waals surface area contributed by atoms with Crippen LogP contribution in [0.15, 0.2) is 28.8 Å². The summed E-state index contributed by atoms with van der Waals surface area (Å²) in [5.41, 5.74) is -0.0362. The van der Waals surface area contributed by atoms with Crippen LogP contribution in [0.4, 0.5) is 8.78 Å². The molecule has 0 fully saturated rings. The van der Waals surface area contributed by atoms with Crippen molar-refractivity contribution in [1.29, 1.82) is 0 Å². The summed E-state index contributed by atoms with van der Waals surface area (Å²) < 4.78 is 35.7. The molecule has 0 aliphatic carbocycles. The molecule has 5 nitrogen and oxygen atoms in total. The van der Waals surface area contributed by atoms with Crippen molar-refractivity contribution in [2.24, 2.45) is 0 Å². The van der Waals surface area contributed by atoms with Crippen LogP contribution in [0.3, 0.4) is 0 Å². The van der Waals surface area contributed by atoms with Gasteiger partial charge in [0.05, 0.1) is 6.61 Å². The third kappa shape index (κ3) is 3.35. The Kier molecular flexibility index (Phi) is 3.86. The average molecular weight is 269 g/mol. The molecule has 0 saturated carbocycles. The summed E-state index contributed by atoms with van der Waals surface area (Å²) in [7, 11) is 0. The summed E-state index contributed by atoms with van der Waals surface area (Å²) in [5.74, 6) is -2.37. The van der Waals surface area contributed by atoms with Crippen LogP contribution in [0, 0.1) is 11.6 Å². The van der Waals surface area contributed by atoms with Crippen molar-refractivity contribution in [2.45, 2.75) is 13.2 Å². The number of ether oxygens (including phenoxy) is 1. The van der Waals surface area contributed by atoms with Gasteiger partial charge in [0, 0.05) is 17.7 Å². The molecule has 1 heterocycles. The van der Waals surface area contributed by atoms with Crippen LogP contribution in [0.2, 0.25) is 0 Å². The Morgan fingerprint density at radius 2 is 2.11 bits per heavy atom. The molecule has 0 spiro atoms. The predicted octanol–water partition coefficient (Wildman–Crippen LogP) is 2.37. The Balaban J connectivity index is 1.90. The van der Waals surface area contributed by atoms with E-state index in [9.17, 15) is 13.6 Å². The lowest BCUT2D eigenvalue weighted by atomic mass is 10.2. The van der Waals surface area contributed by atoms with E-state index in [2.05, 4.69) is 5.16 Å². The van der Waals surface area contributed by atoms with Crippen LogP contribution in [-0.2, 0) is 18.0 Å². The number of carboxylic acid groups (broad SMARTS) is 1. The Hall–Kier alpha value is -2.28. The van der Waals surface area contributed by atoms with E-state index in [4.69, 9.17) is 14.4 Å². The number of carbonyl (C=O) groups is 1. The van der Waals surface area contributed by atoms with Crippen LogP contribution in [-0.4, -0.2) is 16.2 Å². The minimum atomic E-state index is -1.21. The van der Waals surface area contributed by atoms with Gasteiger partial charge in [-0.15, -0.1) is 0 Å². The number of carboxylic acids is 1. The standard InChI is InChI=1S/C12H9F2NO4/c13-8-2-1-7(10(14)3-8)5-18-6-9-4-11(12(16)17)15-19-9/h1-4H,5-6H2,(H,16,17). The number of aromatic nitrogens is 1. The smallest absolute Gasteiger partial charge is 0.358 e. The summed E-state index contributed by atoms with van der Waals surface area (Å²) in [6, 6.07) is 4.37. The zero-order valence-corrected chi connectivity index (χ0v) is 9.60. The van der Waals surface area contributed by atoms with E-state index >= 15 is 0 Å². The number of halogens is 2. The Morgan fingerprint density at radius 1 is 1.32 bits per heavy atom. The number of hydrogen-bond donors (Lipinski definition) is 1. The third-order valence-electron chi connectivity index (χ3n) is 2.30. The molecular formula is C12H9F2NO4. The fraction of sp³-hybridized carbons (Fsp3) is 0.167. The monoisotopic (exact) mass is 269 g/mol. The van der Waals surface area contributed by atoms with Crippen molar-refractivity contribution in [2.75, 3.05) is 0 Å². The molecule has 2 rings (SSSR count). The second kappa shape index (κ2) is 5.57. The minimum Gasteiger partial charge on any atom is -0.476 e. The molecule has 0 aliphatic rings. The second-order valence-corrected chi connectivity index (χ2v) is 3.71. The molecular weight excluding hydrogens is 260 g/mol. The van der Waals surface area contributed by atoms with Gasteiger partial charge in [-0.25, -0.2) is 13.6 Å². The van der Waals surface area contributed by atoms with Gasteiger partial charge in [-0.2, -0.15) is 0 Å². The molecule has 0 radical (unpaired) electrons. The number of nitrogens with zero attached hydrogens (tertiary/aromatic N) is 1. The van der Waals surface area contributed by atoms with Crippen LogP contribution in [0.25, 0.3) is 0 Å². The van der Waals surface area contributed by atoms with Gasteiger partial charge in [-0.05, 0) is 6.07 Å². The molecule has 1 aromatic carbocycles. The van der Waals surface area contributed by atoms with Crippen LogP contribution >= 0.6 is 0 Å². The first-order valence-electron chi connectivity index (χ1n) is 5.27. The predicted molar refractivity (Wildman–Crippen MR) is 58.3 cm³/mol. The van der Waals surface area contributed by atoms with E-state index in [0.717, 1.165) is 12.1 Å². The van der Waals surface area contributed by atoms with Crippen molar-refractivity contribution >= 4 is 5.97 Å². The first kappa shape index (κ1) is 13.2. The molecule has 2 aromatic rings. The van der Waals surface area contributed by atoms with E-state index < -0.39 is 17.6 Å². The molecule has 0 atom stereocenters. The molecule has 0 amide bonds. The lowest BCUT2D eigenvalue weighted by Gasteiger charge is -2.03. The molecule has 0 unspecified atom stereocenters. The average Bonchev–Trinajstić information content (AvgIpc) is 2.81. The summed E-state index contributed by atoms with van der Waals surface area (Å²) in [6.45, 7) is -0.147. The van der Waals surface area contributed by atoms with Gasteiger partial charge < -0.3 is 14.4 Å². The van der Waals surface area contributed by atoms with Gasteiger partial charge in [-0.3, -0.25) is 0 Å². The molecule has 0 bridgehead atoms. The van der Waals surface area contributed by atoms with Gasteiger partial charge in [-0.1, -0.05) is 11.2 Å². The summed E-state index contributed by atoms with van der Waals surface area (Å²) in [4.78, 5) is 10.5. The molecule has 19 heavy (non-hydrogen) atoms. The lowest BCUT2D eigenvalue weighted by molar-refractivity contribution is 0.0683. The highest BCUT2D eigenvalue weighted by atomic mass is 19.1. The Labute approximate surface area is 106 Å². The maximum Gasteiger partial charge on any atom is 0.358 e. The fourth-order valence-corrected chi connectivity index (χ4v) is 1.38. The second-order valence-electron chi connectivity index (χ2n) is 3.71. The fourth-order valence-electron chi connectivity index (χ4n) is 1.38. The summed E-state index contributed by atoms with van der Waals surface area (Å²) >= 11 is 0. The minimum absolute atomic E-state index is 0.0584. The SMILES string of the molecule is O=C(O)c1cc(COCc2ccc(F)cc2F)on1. The van der Waals surface area contributed by atoms with Gasteiger partial charge in [0.15, 0.2) is 11.5 Å². The van der Waals surface area contributed by atoms with Crippen LogP contribution < -0.4 is 0 Å². The Morgan fingerprint density at radius 3 is 2.74 bits per heavy atom. The quantitative estimate of drug-likeness (QED) is 0.902. The van der Waals surface area contributed by atoms with E-state index in [1.807, 2.05) is 0 Å². The largest absolute Gasteiger partial charge is 0.476 e. The molecule has 1 aromatic heterocycles. The van der Waals surface area contributed by atoms with E-state index in [0.29, 0.717) is 0 Å². The number of benzene rings is 1. The van der Waals surface area contributed by atoms with Gasteiger partial charge in [0.2, 0.25) is 0 Å². The van der Waals surface area contributed by atoms with Gasteiger partial charge >= 0.3 is 5.97 Å². The van der Waals surface area contributed by atoms with Crippen molar-refractivity contribution < 1.29 is 27.9 Å². The summed E-state index contributed by atoms with van der Waals surface area (Å²) in [6.07, 6.45) is 0. The van der Waals surface area contributed by atoms with Crippen molar-refractivity contribution in [1.82, 2.24) is 5.16 Å². The zero-order valence-electron chi connectivity index (χ0n) is 9.60. The van der Waals surface area contributed by atoms with E-state index in [1.54, 1.807) is 0 Å². The topological polar surface area (TPSA) is 72.6 Å². The summed E-state index contributed by atoms with van der Waals surface area (Å²) in [5, 5.41) is 11.9. The molecule has 7 heteroatoms. The number of rotatable bonds is 5. The van der Waals surface area contributed by atoms with E-state index in [-0.39, 0.29) is 30.2 Å². The zero-order chi connectivity index (χ0) is 13.8. The number of hydrogen-bond acceptors (Lipinski definition) is 4. The Bertz CT molecular complexity index is 597. The first-order chi connectivity index (χ1) is 9.06. The highest BCUT2D eigenvalue weighted by molar-refractivity contribution is 5.85. The van der Waals surface area contributed by atoms with Crippen molar-refractivity contribution in [3.8, 4) is 0 Å². The lowest BCUT2D eigenvalue weighted by Crippen LogP contribution is -1.97. The van der Waals surface area contributed by atoms with Crippen LogP contribution in [0.5, 0.6) is 0 Å². The molecule has 100 valence electrons. The first-order valence-corrected chi connectivity index (χ1v) is 5.27. The normalized spacial score (nSPS) is 10.6. The van der Waals surface area contributed by atoms with Crippen molar-refractivity contribution in [3.05, 3.63) is 52.9 Å². The molecule has 0 aliphatic heterocycles. The maximum atomic E-state index is 13.3. The third-order valence-corrected chi connectivity index (χ3v) is 2.30. The van der Waals surface area contributed by atoms with Crippen molar-refractivity contribution in [3.63, 3.8) is 0 Å². The highest BCUT2D eigenvalue weighted by Crippen LogP contribution is 2.12. The van der Waals surface area contributed by atoms with E-state index in [1.165, 1.54) is 12.1 Å². The van der Waals surface area contributed by atoms with Crippen LogP contribution in [0.1, 0.15) is 21.8 Å². The van der Waals surface area contributed by atoms with Gasteiger partial charge in [0.25, 0.3) is 0 Å². The number of aromatic carboxylic acids is 1.